The number of aliphatic hydroxyl groups is 5. The maximum Gasteiger partial charge on any atom is 0.306 e. The first-order valence-corrected chi connectivity index (χ1v) is 39.4. The Morgan fingerprint density at radius 1 is 0.429 bits per heavy atom. The molecule has 0 aromatic rings. The average molecular weight is 1290 g/mol. The Morgan fingerprint density at radius 2 is 0.758 bits per heavy atom. The van der Waals surface area contributed by atoms with E-state index >= 15 is 0 Å². The fraction of sp³-hybridized carbons (Fsp3) is 0.875. The van der Waals surface area contributed by atoms with Crippen LogP contribution in [0.15, 0.2) is 48.6 Å². The molecule has 6 N–H and O–H groups in total. The monoisotopic (exact) mass is 1280 g/mol. The van der Waals surface area contributed by atoms with Crippen molar-refractivity contribution in [3.05, 3.63) is 48.6 Å². The van der Waals surface area contributed by atoms with Gasteiger partial charge in [-0.05, 0) is 83.5 Å². The molecular weight excluding hydrogens is 1130 g/mol. The molecule has 8 unspecified atom stereocenters. The van der Waals surface area contributed by atoms with E-state index in [2.05, 4.69) is 62.5 Å². The van der Waals surface area contributed by atoms with E-state index in [0.29, 0.717) is 19.3 Å². The highest BCUT2D eigenvalue weighted by Gasteiger charge is 2.47. The van der Waals surface area contributed by atoms with Gasteiger partial charge in [0.2, 0.25) is 5.91 Å². The molecule has 0 spiro atoms. The summed E-state index contributed by atoms with van der Waals surface area (Å²) in [7, 11) is 0. The van der Waals surface area contributed by atoms with E-state index in [9.17, 15) is 35.1 Å². The summed E-state index contributed by atoms with van der Waals surface area (Å²) in [5.74, 6) is -1.18. The molecule has 1 fully saturated rings. The molecule has 11 nitrogen and oxygen atoms in total. The molecule has 1 amide bonds. The zero-order valence-corrected chi connectivity index (χ0v) is 59.7. The summed E-state index contributed by atoms with van der Waals surface area (Å²) in [4.78, 5) is 26.7. The number of hydrogen-bond acceptors (Lipinski definition) is 10. The molecule has 1 saturated heterocycles. The molecule has 0 saturated carbocycles. The summed E-state index contributed by atoms with van der Waals surface area (Å²) in [5, 5.41) is 57.4. The number of carbonyl (C=O) groups is 2. The first kappa shape index (κ1) is 86.6. The lowest BCUT2D eigenvalue weighted by Crippen LogP contribution is -2.61. The van der Waals surface area contributed by atoms with Crippen LogP contribution < -0.4 is 5.32 Å². The lowest BCUT2D eigenvalue weighted by Gasteiger charge is -2.41. The van der Waals surface area contributed by atoms with Gasteiger partial charge in [0.05, 0.1) is 25.4 Å². The molecule has 91 heavy (non-hydrogen) atoms. The normalized spacial score (nSPS) is 18.2. The van der Waals surface area contributed by atoms with Gasteiger partial charge in [-0.15, -0.1) is 0 Å². The van der Waals surface area contributed by atoms with Gasteiger partial charge < -0.3 is 45.1 Å². The Hall–Kier alpha value is -2.38. The molecule has 1 aliphatic rings. The molecule has 1 rings (SSSR count). The number of esters is 1. The third-order valence-electron chi connectivity index (χ3n) is 18.7. The molecule has 0 aromatic heterocycles. The van der Waals surface area contributed by atoms with Crippen molar-refractivity contribution in [2.45, 2.75) is 436 Å². The number of carbonyl (C=O) groups excluding carboxylic acids is 2. The van der Waals surface area contributed by atoms with E-state index in [1.807, 2.05) is 6.08 Å². The van der Waals surface area contributed by atoms with Crippen LogP contribution in [-0.2, 0) is 23.8 Å². The number of ether oxygens (including phenoxy) is 3. The van der Waals surface area contributed by atoms with Gasteiger partial charge in [-0.2, -0.15) is 0 Å². The minimum absolute atomic E-state index is 0.128. The first-order chi connectivity index (χ1) is 44.7. The quantitative estimate of drug-likeness (QED) is 0.0195. The summed E-state index contributed by atoms with van der Waals surface area (Å²) >= 11 is 0. The molecule has 534 valence electrons. The number of nitrogens with one attached hydrogen (secondary N) is 1. The number of aliphatic hydroxyl groups excluding tert-OH is 5. The Balaban J connectivity index is 2.47. The van der Waals surface area contributed by atoms with E-state index in [1.165, 1.54) is 276 Å². The van der Waals surface area contributed by atoms with Crippen LogP contribution in [0.25, 0.3) is 0 Å². The van der Waals surface area contributed by atoms with Crippen molar-refractivity contribution in [1.82, 2.24) is 5.32 Å². The second kappa shape index (κ2) is 67.6. The van der Waals surface area contributed by atoms with Crippen molar-refractivity contribution in [2.24, 2.45) is 0 Å². The lowest BCUT2D eigenvalue weighted by molar-refractivity contribution is -0.305. The number of hydrogen-bond donors (Lipinski definition) is 6. The van der Waals surface area contributed by atoms with Crippen LogP contribution in [0.5, 0.6) is 0 Å². The highest BCUT2D eigenvalue weighted by molar-refractivity contribution is 5.80. The molecule has 0 radical (unpaired) electrons. The van der Waals surface area contributed by atoms with Crippen molar-refractivity contribution < 1.29 is 49.3 Å². The molecule has 0 bridgehead atoms. The Labute approximate surface area is 561 Å². The van der Waals surface area contributed by atoms with E-state index in [1.54, 1.807) is 6.08 Å². The van der Waals surface area contributed by atoms with E-state index < -0.39 is 67.4 Å². The highest BCUT2D eigenvalue weighted by Crippen LogP contribution is 2.27. The van der Waals surface area contributed by atoms with Crippen LogP contribution in [0, 0.1) is 0 Å². The third kappa shape index (κ3) is 54.4. The minimum Gasteiger partial charge on any atom is -0.454 e. The highest BCUT2D eigenvalue weighted by atomic mass is 16.7. The Kier molecular flexibility index (Phi) is 64.3. The smallest absolute Gasteiger partial charge is 0.306 e. The summed E-state index contributed by atoms with van der Waals surface area (Å²) < 4.78 is 17.7. The summed E-state index contributed by atoms with van der Waals surface area (Å²) in [5.41, 5.74) is 0. The van der Waals surface area contributed by atoms with Crippen LogP contribution in [0.2, 0.25) is 0 Å². The molecule has 0 aromatic carbocycles. The standard InChI is InChI=1S/C80H149NO10/c1-4-7-10-13-16-19-22-24-26-28-30-32-34-36-38-39-41-43-45-47-49-52-55-58-61-64-67-73(84)79(88)81-71(72(83)66-63-60-57-54-51-21-18-15-12-9-6-3)70-89-80-78(77(87)76(86)74(69-82)90-80)91-75(85)68-65-62-59-56-53-50-48-46-44-42-40-37-35-33-31-29-27-25-23-20-17-14-11-8-5-2/h16,19,24-27,63,66,71-74,76-78,80,82-84,86-87H,4-15,17-18,20-23,28-62,64-65,67-70H2,1-3H3,(H,81,88)/b19-16-,26-24-,27-25+,66-63+. The fourth-order valence-corrected chi connectivity index (χ4v) is 12.5. The largest absolute Gasteiger partial charge is 0.454 e. The Bertz CT molecular complexity index is 1670. The second-order valence-corrected chi connectivity index (χ2v) is 27.4. The minimum atomic E-state index is -1.61. The predicted octanol–water partition coefficient (Wildman–Crippen LogP) is 21.1. The summed E-state index contributed by atoms with van der Waals surface area (Å²) in [6, 6.07) is -1.02. The molecule has 0 aliphatic carbocycles. The van der Waals surface area contributed by atoms with E-state index in [0.717, 1.165) is 64.2 Å². The topological polar surface area (TPSA) is 175 Å². The number of amides is 1. The molecule has 8 atom stereocenters. The third-order valence-corrected chi connectivity index (χ3v) is 18.7. The van der Waals surface area contributed by atoms with Gasteiger partial charge in [-0.1, -0.05) is 345 Å². The predicted molar refractivity (Wildman–Crippen MR) is 384 cm³/mol. The van der Waals surface area contributed by atoms with Gasteiger partial charge >= 0.3 is 5.97 Å². The van der Waals surface area contributed by atoms with Gasteiger partial charge in [-0.25, -0.2) is 0 Å². The Morgan fingerprint density at radius 3 is 1.15 bits per heavy atom. The summed E-state index contributed by atoms with van der Waals surface area (Å²) in [6.07, 6.45) is 76.0. The van der Waals surface area contributed by atoms with Gasteiger partial charge in [0, 0.05) is 6.42 Å². The van der Waals surface area contributed by atoms with Crippen LogP contribution >= 0.6 is 0 Å². The van der Waals surface area contributed by atoms with Crippen molar-refractivity contribution >= 4 is 11.9 Å². The average Bonchev–Trinajstić information content (AvgIpc) is 1.02. The van der Waals surface area contributed by atoms with Gasteiger partial charge in [0.15, 0.2) is 12.4 Å². The van der Waals surface area contributed by atoms with Crippen LogP contribution in [0.4, 0.5) is 0 Å². The van der Waals surface area contributed by atoms with Crippen molar-refractivity contribution in [3.8, 4) is 0 Å². The molecule has 1 heterocycles. The van der Waals surface area contributed by atoms with Crippen LogP contribution in [0.3, 0.4) is 0 Å². The van der Waals surface area contributed by atoms with Gasteiger partial charge in [0.25, 0.3) is 0 Å². The molecule has 1 aliphatic heterocycles. The van der Waals surface area contributed by atoms with Crippen LogP contribution in [-0.4, -0.2) is 99.6 Å². The van der Waals surface area contributed by atoms with Gasteiger partial charge in [0.1, 0.15) is 24.4 Å². The molecular formula is C80H149NO10. The van der Waals surface area contributed by atoms with Crippen molar-refractivity contribution in [2.75, 3.05) is 13.2 Å². The molecule has 11 heteroatoms. The zero-order valence-electron chi connectivity index (χ0n) is 59.7. The van der Waals surface area contributed by atoms with Gasteiger partial charge in [-0.3, -0.25) is 9.59 Å². The zero-order chi connectivity index (χ0) is 66.0. The number of unbranched alkanes of at least 4 members (excludes halogenated alkanes) is 49. The first-order valence-electron chi connectivity index (χ1n) is 39.4. The summed E-state index contributed by atoms with van der Waals surface area (Å²) in [6.45, 7) is 5.82. The van der Waals surface area contributed by atoms with E-state index in [-0.39, 0.29) is 13.0 Å². The van der Waals surface area contributed by atoms with Crippen molar-refractivity contribution in [1.29, 1.82) is 0 Å². The SMILES string of the molecule is CCCCC/C=C\C/C=C\CCCCCCCCCCCCCCCCCCC(O)C(=O)NC(COC1OC(CO)C(O)C(O)C1OC(=O)CCCCCCCCCCCCCCCCC/C=C/CCCCCCCC)C(O)/C=C/CCCCCCCCCCC. The van der Waals surface area contributed by atoms with E-state index in [4.69, 9.17) is 14.2 Å². The van der Waals surface area contributed by atoms with Crippen LogP contribution in [0.1, 0.15) is 387 Å². The lowest BCUT2D eigenvalue weighted by atomic mass is 9.99. The number of rotatable bonds is 69. The van der Waals surface area contributed by atoms with Crippen molar-refractivity contribution in [3.63, 3.8) is 0 Å². The second-order valence-electron chi connectivity index (χ2n) is 27.4. The maximum atomic E-state index is 13.5. The fourth-order valence-electron chi connectivity index (χ4n) is 12.5. The maximum absolute atomic E-state index is 13.5. The number of allylic oxidation sites excluding steroid dienone is 7.